The van der Waals surface area contributed by atoms with E-state index in [-0.39, 0.29) is 6.79 Å². The van der Waals surface area contributed by atoms with Crippen LogP contribution in [0.5, 0.6) is 11.5 Å². The van der Waals surface area contributed by atoms with E-state index in [0.29, 0.717) is 6.54 Å². The largest absolute Gasteiger partial charge is 0.454 e. The van der Waals surface area contributed by atoms with Crippen LogP contribution >= 0.6 is 11.6 Å². The Balaban J connectivity index is 1.18. The average molecular weight is 491 g/mol. The van der Waals surface area contributed by atoms with Gasteiger partial charge >= 0.3 is 0 Å². The summed E-state index contributed by atoms with van der Waals surface area (Å²) in [5.41, 5.74) is 5.35. The predicted octanol–water partition coefficient (Wildman–Crippen LogP) is 3.93. The molecule has 9 heteroatoms. The van der Waals surface area contributed by atoms with Crippen LogP contribution in [0.4, 0.5) is 5.69 Å². The molecule has 0 aliphatic carbocycles. The van der Waals surface area contributed by atoms with Gasteiger partial charge in [-0.25, -0.2) is 0 Å². The topological polar surface area (TPSA) is 68.5 Å². The van der Waals surface area contributed by atoms with Crippen molar-refractivity contribution in [2.45, 2.75) is 19.9 Å². The predicted molar refractivity (Wildman–Crippen MR) is 136 cm³/mol. The minimum atomic E-state index is 0.255. The summed E-state index contributed by atoms with van der Waals surface area (Å²) in [5, 5.41) is 6.91. The number of ether oxygens (including phenoxy) is 2. The van der Waals surface area contributed by atoms with E-state index in [9.17, 15) is 0 Å². The molecule has 0 radical (unpaired) electrons. The van der Waals surface area contributed by atoms with Gasteiger partial charge in [0.25, 0.3) is 0 Å². The first-order valence-electron chi connectivity index (χ1n) is 11.9. The fourth-order valence-electron chi connectivity index (χ4n) is 4.91. The van der Waals surface area contributed by atoms with Crippen LogP contribution in [0.3, 0.4) is 0 Å². The Morgan fingerprint density at radius 2 is 1.86 bits per heavy atom. The van der Waals surface area contributed by atoms with Gasteiger partial charge in [0.2, 0.25) is 6.79 Å². The van der Waals surface area contributed by atoms with Crippen molar-refractivity contribution in [3.8, 4) is 11.5 Å². The fraction of sp³-hybridized carbons (Fsp3) is 0.346. The van der Waals surface area contributed by atoms with Crippen molar-refractivity contribution in [1.29, 1.82) is 0 Å². The van der Waals surface area contributed by atoms with Crippen LogP contribution in [0, 0.1) is 6.92 Å². The van der Waals surface area contributed by atoms with E-state index in [4.69, 9.17) is 26.2 Å². The van der Waals surface area contributed by atoms with Gasteiger partial charge in [-0.15, -0.1) is 0 Å². The molecule has 1 fully saturated rings. The molecule has 0 saturated carbocycles. The first-order valence-corrected chi connectivity index (χ1v) is 12.3. The van der Waals surface area contributed by atoms with Gasteiger partial charge in [-0.2, -0.15) is 5.10 Å². The van der Waals surface area contributed by atoms with Crippen LogP contribution in [0.2, 0.25) is 5.02 Å². The van der Waals surface area contributed by atoms with Crippen LogP contribution in [0.15, 0.2) is 48.9 Å². The first kappa shape index (κ1) is 22.1. The van der Waals surface area contributed by atoms with Crippen molar-refractivity contribution in [2.24, 2.45) is 0 Å². The minimum Gasteiger partial charge on any atom is -0.454 e. The van der Waals surface area contributed by atoms with Crippen LogP contribution in [-0.2, 0) is 13.0 Å². The molecule has 1 saturated heterocycles. The Morgan fingerprint density at radius 1 is 1.03 bits per heavy atom. The summed E-state index contributed by atoms with van der Waals surface area (Å²) in [6.07, 6.45) is 6.03. The van der Waals surface area contributed by atoms with Crippen molar-refractivity contribution in [2.75, 3.05) is 44.4 Å². The van der Waals surface area contributed by atoms with Crippen molar-refractivity contribution >= 4 is 28.2 Å². The van der Waals surface area contributed by atoms with Crippen molar-refractivity contribution in [3.05, 3.63) is 70.9 Å². The third-order valence-electron chi connectivity index (χ3n) is 6.87. The summed E-state index contributed by atoms with van der Waals surface area (Å²) < 4.78 is 13.3. The van der Waals surface area contributed by atoms with Gasteiger partial charge in [-0.1, -0.05) is 17.7 Å². The second-order valence-corrected chi connectivity index (χ2v) is 9.39. The maximum atomic E-state index is 6.35. The average Bonchev–Trinajstić information content (AvgIpc) is 3.48. The molecule has 4 heterocycles. The molecule has 2 aliphatic heterocycles. The van der Waals surface area contributed by atoms with Gasteiger partial charge in [0.15, 0.2) is 11.5 Å². The zero-order valence-corrected chi connectivity index (χ0v) is 20.4. The minimum absolute atomic E-state index is 0.255. The number of piperazine rings is 1. The molecule has 0 bridgehead atoms. The molecule has 0 spiro atoms. The van der Waals surface area contributed by atoms with Crippen molar-refractivity contribution in [1.82, 2.24) is 24.6 Å². The van der Waals surface area contributed by atoms with Crippen molar-refractivity contribution < 1.29 is 9.47 Å². The van der Waals surface area contributed by atoms with Gasteiger partial charge < -0.3 is 14.4 Å². The fourth-order valence-corrected chi connectivity index (χ4v) is 5.08. The monoisotopic (exact) mass is 490 g/mol. The molecule has 2 aromatic carbocycles. The van der Waals surface area contributed by atoms with Crippen LogP contribution in [0.1, 0.15) is 17.0 Å². The second-order valence-electron chi connectivity index (χ2n) is 8.99. The smallest absolute Gasteiger partial charge is 0.231 e. The quantitative estimate of drug-likeness (QED) is 0.405. The number of fused-ring (bicyclic) bond motifs is 2. The Bertz CT molecular complexity index is 1350. The third kappa shape index (κ3) is 4.39. The number of hydrogen-bond acceptors (Lipinski definition) is 7. The SMILES string of the molecule is Cc1c(Cl)cccc1N1CCN(CCc2nn(Cc3cnccn3)c3cc4c(cc23)OCO4)CC1. The molecule has 0 unspecified atom stereocenters. The van der Waals surface area contributed by atoms with Crippen LogP contribution in [0.25, 0.3) is 10.9 Å². The summed E-state index contributed by atoms with van der Waals surface area (Å²) in [6.45, 7) is 7.86. The maximum absolute atomic E-state index is 6.35. The van der Waals surface area contributed by atoms with Crippen LogP contribution < -0.4 is 14.4 Å². The zero-order chi connectivity index (χ0) is 23.8. The lowest BCUT2D eigenvalue weighted by atomic mass is 10.1. The van der Waals surface area contributed by atoms with E-state index in [1.807, 2.05) is 22.9 Å². The Hall–Kier alpha value is -3.36. The molecule has 0 atom stereocenters. The lowest BCUT2D eigenvalue weighted by molar-refractivity contribution is 0.174. The highest BCUT2D eigenvalue weighted by Crippen LogP contribution is 2.37. The number of hydrogen-bond donors (Lipinski definition) is 0. The van der Waals surface area contributed by atoms with Gasteiger partial charge in [0.05, 0.1) is 29.6 Å². The summed E-state index contributed by atoms with van der Waals surface area (Å²) in [6, 6.07) is 10.2. The summed E-state index contributed by atoms with van der Waals surface area (Å²) in [7, 11) is 0. The Kier molecular flexibility index (Phi) is 5.91. The number of anilines is 1. The van der Waals surface area contributed by atoms with Gasteiger partial charge in [-0.3, -0.25) is 19.5 Å². The summed E-state index contributed by atoms with van der Waals surface area (Å²) in [4.78, 5) is 13.6. The molecule has 0 amide bonds. The molecule has 180 valence electrons. The van der Waals surface area contributed by atoms with E-state index in [1.165, 1.54) is 5.69 Å². The molecule has 35 heavy (non-hydrogen) atoms. The van der Waals surface area contributed by atoms with Crippen LogP contribution in [-0.4, -0.2) is 64.2 Å². The number of aromatic nitrogens is 4. The number of nitrogens with zero attached hydrogens (tertiary/aromatic N) is 6. The molecule has 2 aliphatic rings. The van der Waals surface area contributed by atoms with E-state index in [0.717, 1.165) is 83.5 Å². The number of halogens is 1. The van der Waals surface area contributed by atoms with E-state index < -0.39 is 0 Å². The normalized spacial score (nSPS) is 15.8. The second kappa shape index (κ2) is 9.36. The Morgan fingerprint density at radius 3 is 2.66 bits per heavy atom. The highest BCUT2D eigenvalue weighted by molar-refractivity contribution is 6.31. The highest BCUT2D eigenvalue weighted by Gasteiger charge is 2.22. The highest BCUT2D eigenvalue weighted by atomic mass is 35.5. The lowest BCUT2D eigenvalue weighted by Crippen LogP contribution is -2.47. The van der Waals surface area contributed by atoms with Gasteiger partial charge in [-0.05, 0) is 30.7 Å². The molecule has 8 nitrogen and oxygen atoms in total. The van der Waals surface area contributed by atoms with E-state index in [2.05, 4.69) is 38.8 Å². The third-order valence-corrected chi connectivity index (χ3v) is 7.28. The van der Waals surface area contributed by atoms with E-state index in [1.54, 1.807) is 18.6 Å². The first-order chi connectivity index (χ1) is 17.2. The molecule has 0 N–H and O–H groups in total. The molecule has 6 rings (SSSR count). The number of benzene rings is 2. The number of rotatable bonds is 6. The lowest BCUT2D eigenvalue weighted by Gasteiger charge is -2.36. The molecular formula is C26H27ClN6O2. The van der Waals surface area contributed by atoms with Gasteiger partial charge in [0.1, 0.15) is 0 Å². The van der Waals surface area contributed by atoms with Crippen molar-refractivity contribution in [3.63, 3.8) is 0 Å². The zero-order valence-electron chi connectivity index (χ0n) is 19.7. The summed E-state index contributed by atoms with van der Waals surface area (Å²) in [5.74, 6) is 1.54. The molecule has 4 aromatic rings. The molecular weight excluding hydrogens is 464 g/mol. The molecule has 2 aromatic heterocycles. The van der Waals surface area contributed by atoms with E-state index >= 15 is 0 Å². The van der Waals surface area contributed by atoms with Gasteiger partial charge in [0, 0.05) is 73.7 Å². The standard InChI is InChI=1S/C26H27ClN6O2/c1-18-21(27)3-2-4-23(18)32-11-9-31(10-12-32)8-5-22-20-13-25-26(35-17-34-25)14-24(20)33(30-22)16-19-15-28-6-7-29-19/h2-4,6-7,13-15H,5,8-12,16-17H2,1H3. The Labute approximate surface area is 209 Å². The maximum Gasteiger partial charge on any atom is 0.231 e. The summed E-state index contributed by atoms with van der Waals surface area (Å²) >= 11 is 6.35.